The first kappa shape index (κ1) is 15.8. The molecule has 0 aromatic carbocycles. The van der Waals surface area contributed by atoms with Crippen LogP contribution in [0.3, 0.4) is 0 Å². The summed E-state index contributed by atoms with van der Waals surface area (Å²) in [4.78, 5) is 17.3. The lowest BCUT2D eigenvalue weighted by atomic mass is 10.1. The fourth-order valence-corrected chi connectivity index (χ4v) is 2.43. The number of anilines is 1. The van der Waals surface area contributed by atoms with Gasteiger partial charge in [-0.1, -0.05) is 11.6 Å². The van der Waals surface area contributed by atoms with Crippen LogP contribution in [0.2, 0.25) is 5.02 Å². The Balaban J connectivity index is 2.33. The van der Waals surface area contributed by atoms with Gasteiger partial charge in [0.2, 0.25) is 5.91 Å². The highest BCUT2D eigenvalue weighted by atomic mass is 35.5. The smallest absolute Gasteiger partial charge is 0.357 e. The molecule has 1 aliphatic rings. The van der Waals surface area contributed by atoms with E-state index in [9.17, 15) is 18.0 Å². The summed E-state index contributed by atoms with van der Waals surface area (Å²) in [6, 6.07) is 0.262. The number of hydrogen-bond acceptors (Lipinski definition) is 4. The van der Waals surface area contributed by atoms with Crippen LogP contribution >= 0.6 is 11.6 Å². The van der Waals surface area contributed by atoms with Gasteiger partial charge in [0.15, 0.2) is 0 Å². The molecule has 0 aliphatic carbocycles. The Morgan fingerprint density at radius 3 is 2.86 bits per heavy atom. The van der Waals surface area contributed by atoms with Crippen molar-refractivity contribution in [2.24, 2.45) is 0 Å². The summed E-state index contributed by atoms with van der Waals surface area (Å²) >= 11 is 5.93. The topological polar surface area (TPSA) is 57.3 Å². The van der Waals surface area contributed by atoms with Gasteiger partial charge in [0, 0.05) is 32.9 Å². The molecule has 116 valence electrons. The van der Waals surface area contributed by atoms with Crippen LogP contribution in [-0.4, -0.2) is 43.6 Å². The monoisotopic (exact) mass is 322 g/mol. The SMILES string of the molecule is CNC(=O)C1CNCCN1c1ncc(C(F)(F)F)cc1Cl. The summed E-state index contributed by atoms with van der Waals surface area (Å²) < 4.78 is 37.8. The Morgan fingerprint density at radius 1 is 1.57 bits per heavy atom. The van der Waals surface area contributed by atoms with Crippen LogP contribution in [0.4, 0.5) is 19.0 Å². The molecule has 1 atom stereocenters. The highest BCUT2D eigenvalue weighted by Crippen LogP contribution is 2.34. The van der Waals surface area contributed by atoms with Gasteiger partial charge in [0.25, 0.3) is 0 Å². The van der Waals surface area contributed by atoms with E-state index in [-0.39, 0.29) is 16.7 Å². The second kappa shape index (κ2) is 6.07. The largest absolute Gasteiger partial charge is 0.417 e. The van der Waals surface area contributed by atoms with Crippen LogP contribution < -0.4 is 15.5 Å². The summed E-state index contributed by atoms with van der Waals surface area (Å²) in [6.07, 6.45) is -3.77. The molecule has 0 saturated carbocycles. The first-order chi connectivity index (χ1) is 9.84. The number of hydrogen-bond donors (Lipinski definition) is 2. The standard InChI is InChI=1S/C12H14ClF3N4O/c1-17-11(21)9-6-18-2-3-20(9)10-8(13)4-7(5-19-10)12(14,15)16/h4-5,9,18H,2-3,6H2,1H3,(H,17,21). The van der Waals surface area contributed by atoms with Gasteiger partial charge in [0.1, 0.15) is 11.9 Å². The minimum Gasteiger partial charge on any atom is -0.357 e. The number of carbonyl (C=O) groups is 1. The van der Waals surface area contributed by atoms with Gasteiger partial charge < -0.3 is 15.5 Å². The number of nitrogens with one attached hydrogen (secondary N) is 2. The maximum absolute atomic E-state index is 12.6. The van der Waals surface area contributed by atoms with Gasteiger partial charge in [-0.2, -0.15) is 13.2 Å². The lowest BCUT2D eigenvalue weighted by molar-refractivity contribution is -0.137. The number of likely N-dealkylation sites (N-methyl/N-ethyl adjacent to an activating group) is 1. The molecule has 0 radical (unpaired) electrons. The van der Waals surface area contributed by atoms with E-state index in [1.165, 1.54) is 7.05 Å². The molecule has 21 heavy (non-hydrogen) atoms. The molecule has 9 heteroatoms. The predicted octanol–water partition coefficient (Wildman–Crippen LogP) is 1.28. The number of amides is 1. The average Bonchev–Trinajstić information content (AvgIpc) is 2.45. The molecule has 2 N–H and O–H groups in total. The highest BCUT2D eigenvalue weighted by molar-refractivity contribution is 6.33. The molecule has 1 aromatic rings. The van der Waals surface area contributed by atoms with Crippen molar-refractivity contribution in [3.05, 3.63) is 22.8 Å². The Kier molecular flexibility index (Phi) is 4.58. The molecule has 1 aliphatic heterocycles. The van der Waals surface area contributed by atoms with Crippen LogP contribution in [0.1, 0.15) is 5.56 Å². The molecular weight excluding hydrogens is 309 g/mol. The van der Waals surface area contributed by atoms with Crippen molar-refractivity contribution in [3.63, 3.8) is 0 Å². The van der Waals surface area contributed by atoms with E-state index in [1.54, 1.807) is 4.90 Å². The molecule has 1 amide bonds. The zero-order valence-corrected chi connectivity index (χ0v) is 11.9. The lowest BCUT2D eigenvalue weighted by Crippen LogP contribution is -2.58. The van der Waals surface area contributed by atoms with Crippen molar-refractivity contribution < 1.29 is 18.0 Å². The Morgan fingerprint density at radius 2 is 2.29 bits per heavy atom. The second-order valence-corrected chi connectivity index (χ2v) is 4.96. The van der Waals surface area contributed by atoms with E-state index in [1.807, 2.05) is 0 Å². The Hall–Kier alpha value is -1.54. The van der Waals surface area contributed by atoms with E-state index in [2.05, 4.69) is 15.6 Å². The summed E-state index contributed by atoms with van der Waals surface area (Å²) in [5.74, 6) is -0.0697. The Bertz CT molecular complexity index is 538. The number of pyridine rings is 1. The minimum atomic E-state index is -4.50. The molecule has 1 unspecified atom stereocenters. The van der Waals surface area contributed by atoms with Gasteiger partial charge in [0.05, 0.1) is 10.6 Å². The number of halogens is 4. The molecule has 0 spiro atoms. The van der Waals surface area contributed by atoms with Crippen molar-refractivity contribution in [1.29, 1.82) is 0 Å². The van der Waals surface area contributed by atoms with Crippen molar-refractivity contribution >= 4 is 23.3 Å². The number of alkyl halides is 3. The molecule has 1 saturated heterocycles. The van der Waals surface area contributed by atoms with Crippen molar-refractivity contribution in [1.82, 2.24) is 15.6 Å². The van der Waals surface area contributed by atoms with Crippen LogP contribution in [-0.2, 0) is 11.0 Å². The highest BCUT2D eigenvalue weighted by Gasteiger charge is 2.34. The summed E-state index contributed by atoms with van der Waals surface area (Å²) in [5, 5.41) is 5.45. The van der Waals surface area contributed by atoms with Gasteiger partial charge >= 0.3 is 6.18 Å². The third-order valence-corrected chi connectivity index (χ3v) is 3.49. The number of rotatable bonds is 2. The zero-order chi connectivity index (χ0) is 15.6. The van der Waals surface area contributed by atoms with Gasteiger partial charge in [-0.05, 0) is 6.07 Å². The van der Waals surface area contributed by atoms with Crippen LogP contribution in [0.5, 0.6) is 0 Å². The summed E-state index contributed by atoms with van der Waals surface area (Å²) in [5.41, 5.74) is -0.914. The molecular formula is C12H14ClF3N4O. The molecule has 1 aromatic heterocycles. The van der Waals surface area contributed by atoms with E-state index in [0.29, 0.717) is 19.6 Å². The molecule has 5 nitrogen and oxygen atoms in total. The van der Waals surface area contributed by atoms with Crippen molar-refractivity contribution in [2.45, 2.75) is 12.2 Å². The average molecular weight is 323 g/mol. The van der Waals surface area contributed by atoms with E-state index in [4.69, 9.17) is 11.6 Å². The van der Waals surface area contributed by atoms with Crippen LogP contribution in [0.15, 0.2) is 12.3 Å². The first-order valence-corrected chi connectivity index (χ1v) is 6.64. The third-order valence-electron chi connectivity index (χ3n) is 3.21. The molecule has 0 bridgehead atoms. The van der Waals surface area contributed by atoms with Gasteiger partial charge in [-0.15, -0.1) is 0 Å². The number of carbonyl (C=O) groups excluding carboxylic acids is 1. The number of piperazine rings is 1. The first-order valence-electron chi connectivity index (χ1n) is 6.26. The number of nitrogens with zero attached hydrogens (tertiary/aromatic N) is 2. The van der Waals surface area contributed by atoms with Gasteiger partial charge in [-0.25, -0.2) is 4.98 Å². The van der Waals surface area contributed by atoms with Crippen LogP contribution in [0, 0.1) is 0 Å². The second-order valence-electron chi connectivity index (χ2n) is 4.55. The summed E-state index contributed by atoms with van der Waals surface area (Å²) in [6.45, 7) is 1.39. The van der Waals surface area contributed by atoms with E-state index >= 15 is 0 Å². The quantitative estimate of drug-likeness (QED) is 0.861. The normalized spacial score (nSPS) is 19.5. The summed E-state index contributed by atoms with van der Waals surface area (Å²) in [7, 11) is 1.50. The van der Waals surface area contributed by atoms with Crippen molar-refractivity contribution in [2.75, 3.05) is 31.6 Å². The maximum atomic E-state index is 12.6. The lowest BCUT2D eigenvalue weighted by Gasteiger charge is -2.36. The van der Waals surface area contributed by atoms with Crippen LogP contribution in [0.25, 0.3) is 0 Å². The molecule has 1 fully saturated rings. The van der Waals surface area contributed by atoms with E-state index in [0.717, 1.165) is 12.3 Å². The van der Waals surface area contributed by atoms with E-state index < -0.39 is 17.8 Å². The van der Waals surface area contributed by atoms with Gasteiger partial charge in [-0.3, -0.25) is 4.79 Å². The number of aromatic nitrogens is 1. The van der Waals surface area contributed by atoms with Crippen molar-refractivity contribution in [3.8, 4) is 0 Å². The zero-order valence-electron chi connectivity index (χ0n) is 11.2. The maximum Gasteiger partial charge on any atom is 0.417 e. The molecule has 2 heterocycles. The minimum absolute atomic E-state index is 0.124. The fourth-order valence-electron chi connectivity index (χ4n) is 2.16. The Labute approximate surface area is 124 Å². The predicted molar refractivity (Wildman–Crippen MR) is 72.3 cm³/mol. The third kappa shape index (κ3) is 3.38. The molecule has 2 rings (SSSR count). The fraction of sp³-hybridized carbons (Fsp3) is 0.500.